The third kappa shape index (κ3) is 4.52. The summed E-state index contributed by atoms with van der Waals surface area (Å²) in [6.07, 6.45) is 1.61. The maximum absolute atomic E-state index is 12.3. The van der Waals surface area contributed by atoms with Crippen LogP contribution in [0.15, 0.2) is 30.3 Å². The molecule has 3 N–H and O–H groups in total. The Kier molecular flexibility index (Phi) is 5.33. The Labute approximate surface area is 125 Å². The zero-order valence-electron chi connectivity index (χ0n) is 12.5. The Morgan fingerprint density at radius 3 is 2.62 bits per heavy atom. The van der Waals surface area contributed by atoms with Crippen molar-refractivity contribution in [2.24, 2.45) is 5.73 Å². The second kappa shape index (κ2) is 7.02. The molecule has 5 heteroatoms. The second-order valence-electron chi connectivity index (χ2n) is 5.83. The molecule has 0 aromatic heterocycles. The van der Waals surface area contributed by atoms with E-state index in [1.807, 2.05) is 30.3 Å². The fourth-order valence-corrected chi connectivity index (χ4v) is 2.67. The van der Waals surface area contributed by atoms with Gasteiger partial charge >= 0.3 is 0 Å². The van der Waals surface area contributed by atoms with Gasteiger partial charge in [-0.25, -0.2) is 0 Å². The number of likely N-dealkylation sites (N-methyl/N-ethyl adjacent to an activating group) is 1. The number of hydrogen-bond donors (Lipinski definition) is 2. The lowest BCUT2D eigenvalue weighted by Gasteiger charge is -2.36. The number of amides is 1. The summed E-state index contributed by atoms with van der Waals surface area (Å²) < 4.78 is 5.25. The first-order chi connectivity index (χ1) is 10.0. The second-order valence-corrected chi connectivity index (χ2v) is 5.83. The molecule has 0 unspecified atom stereocenters. The van der Waals surface area contributed by atoms with E-state index in [1.165, 1.54) is 0 Å². The van der Waals surface area contributed by atoms with E-state index in [9.17, 15) is 9.90 Å². The lowest BCUT2D eigenvalue weighted by molar-refractivity contribution is -0.138. The third-order valence-electron chi connectivity index (χ3n) is 3.95. The third-order valence-corrected chi connectivity index (χ3v) is 3.95. The van der Waals surface area contributed by atoms with Crippen molar-refractivity contribution in [3.63, 3.8) is 0 Å². The molecule has 0 radical (unpaired) electrons. The van der Waals surface area contributed by atoms with Crippen LogP contribution in [-0.2, 0) is 16.0 Å². The number of ether oxygens (including phenoxy) is 1. The Balaban J connectivity index is 1.89. The van der Waals surface area contributed by atoms with E-state index in [0.717, 1.165) is 5.56 Å². The molecule has 1 saturated heterocycles. The van der Waals surface area contributed by atoms with Crippen LogP contribution in [0.5, 0.6) is 0 Å². The molecule has 1 aromatic rings. The number of hydrogen-bond acceptors (Lipinski definition) is 4. The summed E-state index contributed by atoms with van der Waals surface area (Å²) in [5, 5.41) is 10.4. The smallest absolute Gasteiger partial charge is 0.239 e. The first-order valence-corrected chi connectivity index (χ1v) is 7.35. The molecule has 0 bridgehead atoms. The fraction of sp³-hybridized carbons (Fsp3) is 0.562. The van der Waals surface area contributed by atoms with Crippen LogP contribution in [-0.4, -0.2) is 54.4 Å². The van der Waals surface area contributed by atoms with Crippen LogP contribution < -0.4 is 5.73 Å². The first kappa shape index (κ1) is 15.9. The Morgan fingerprint density at radius 1 is 1.38 bits per heavy atom. The van der Waals surface area contributed by atoms with Gasteiger partial charge < -0.3 is 20.5 Å². The molecule has 1 heterocycles. The zero-order chi connectivity index (χ0) is 15.3. The van der Waals surface area contributed by atoms with Gasteiger partial charge in [-0.2, -0.15) is 0 Å². The average Bonchev–Trinajstić information content (AvgIpc) is 2.47. The molecule has 1 atom stereocenters. The monoisotopic (exact) mass is 292 g/mol. The first-order valence-electron chi connectivity index (χ1n) is 7.35. The van der Waals surface area contributed by atoms with E-state index in [0.29, 0.717) is 39.0 Å². The number of nitrogens with two attached hydrogens (primary N) is 1. The van der Waals surface area contributed by atoms with E-state index in [2.05, 4.69) is 0 Å². The van der Waals surface area contributed by atoms with Crippen molar-refractivity contribution in [2.45, 2.75) is 30.9 Å². The summed E-state index contributed by atoms with van der Waals surface area (Å²) in [7, 11) is 1.70. The number of nitrogens with zero attached hydrogens (tertiary/aromatic N) is 1. The summed E-state index contributed by atoms with van der Waals surface area (Å²) in [6.45, 7) is 1.38. The molecule has 21 heavy (non-hydrogen) atoms. The van der Waals surface area contributed by atoms with Crippen LogP contribution in [0.1, 0.15) is 18.4 Å². The number of aliphatic hydroxyl groups is 1. The molecule has 0 saturated carbocycles. The van der Waals surface area contributed by atoms with Crippen LogP contribution in [0, 0.1) is 0 Å². The van der Waals surface area contributed by atoms with Gasteiger partial charge in [0.15, 0.2) is 0 Å². The molecule has 2 rings (SSSR count). The summed E-state index contributed by atoms with van der Waals surface area (Å²) in [4.78, 5) is 13.9. The van der Waals surface area contributed by atoms with Crippen molar-refractivity contribution in [2.75, 3.05) is 26.8 Å². The van der Waals surface area contributed by atoms with E-state index in [-0.39, 0.29) is 5.91 Å². The van der Waals surface area contributed by atoms with Gasteiger partial charge in [-0.15, -0.1) is 0 Å². The van der Waals surface area contributed by atoms with Crippen molar-refractivity contribution in [3.8, 4) is 0 Å². The molecular formula is C16H24N2O3. The molecule has 1 aliphatic heterocycles. The Hall–Kier alpha value is -1.43. The highest BCUT2D eigenvalue weighted by Gasteiger charge is 2.33. The largest absolute Gasteiger partial charge is 0.388 e. The molecule has 0 spiro atoms. The van der Waals surface area contributed by atoms with Crippen molar-refractivity contribution in [1.29, 1.82) is 0 Å². The van der Waals surface area contributed by atoms with Crippen molar-refractivity contribution >= 4 is 5.91 Å². The topological polar surface area (TPSA) is 75.8 Å². The standard InChI is InChI=1S/C16H24N2O3/c1-18(12-16(20)7-9-21-10-8-16)15(19)14(17)11-13-5-3-2-4-6-13/h2-6,14,20H,7-12,17H2,1H3/t14-/m0/s1. The molecule has 1 amide bonds. The quantitative estimate of drug-likeness (QED) is 0.831. The summed E-state index contributed by atoms with van der Waals surface area (Å²) >= 11 is 0. The van der Waals surface area contributed by atoms with Gasteiger partial charge in [-0.05, 0) is 12.0 Å². The van der Waals surface area contributed by atoms with E-state index in [4.69, 9.17) is 10.5 Å². The van der Waals surface area contributed by atoms with Gasteiger partial charge in [0, 0.05) is 39.6 Å². The number of carbonyl (C=O) groups excluding carboxylic acids is 1. The normalized spacial score (nSPS) is 19.0. The molecule has 1 aromatic carbocycles. The summed E-state index contributed by atoms with van der Waals surface area (Å²) in [6, 6.07) is 9.13. The molecule has 116 valence electrons. The average molecular weight is 292 g/mol. The lowest BCUT2D eigenvalue weighted by Crippen LogP contribution is -2.51. The molecule has 1 fully saturated rings. The van der Waals surface area contributed by atoms with Crippen LogP contribution >= 0.6 is 0 Å². The van der Waals surface area contributed by atoms with Gasteiger partial charge in [-0.3, -0.25) is 4.79 Å². The van der Waals surface area contributed by atoms with Crippen molar-refractivity contribution in [3.05, 3.63) is 35.9 Å². The molecule has 1 aliphatic rings. The van der Waals surface area contributed by atoms with Gasteiger partial charge in [0.05, 0.1) is 11.6 Å². The number of carbonyl (C=O) groups is 1. The predicted octanol–water partition coefficient (Wildman–Crippen LogP) is 0.556. The van der Waals surface area contributed by atoms with Gasteiger partial charge in [0.1, 0.15) is 0 Å². The van der Waals surface area contributed by atoms with E-state index in [1.54, 1.807) is 11.9 Å². The fourth-order valence-electron chi connectivity index (χ4n) is 2.67. The van der Waals surface area contributed by atoms with Crippen molar-refractivity contribution < 1.29 is 14.6 Å². The highest BCUT2D eigenvalue weighted by atomic mass is 16.5. The Bertz CT molecular complexity index is 458. The van der Waals surface area contributed by atoms with Crippen LogP contribution in [0.25, 0.3) is 0 Å². The van der Waals surface area contributed by atoms with Crippen LogP contribution in [0.3, 0.4) is 0 Å². The Morgan fingerprint density at radius 2 is 2.00 bits per heavy atom. The highest BCUT2D eigenvalue weighted by Crippen LogP contribution is 2.21. The zero-order valence-corrected chi connectivity index (χ0v) is 12.5. The van der Waals surface area contributed by atoms with E-state index < -0.39 is 11.6 Å². The number of benzene rings is 1. The minimum atomic E-state index is -0.852. The van der Waals surface area contributed by atoms with Crippen molar-refractivity contribution in [1.82, 2.24) is 4.90 Å². The molecular weight excluding hydrogens is 268 g/mol. The van der Waals surface area contributed by atoms with Gasteiger partial charge in [0.25, 0.3) is 0 Å². The summed E-state index contributed by atoms with van der Waals surface area (Å²) in [5.74, 6) is -0.140. The number of rotatable bonds is 5. The SMILES string of the molecule is CN(CC1(O)CCOCC1)C(=O)[C@@H](N)Cc1ccccc1. The van der Waals surface area contributed by atoms with Gasteiger partial charge in [-0.1, -0.05) is 30.3 Å². The minimum absolute atomic E-state index is 0.140. The lowest BCUT2D eigenvalue weighted by atomic mass is 9.93. The van der Waals surface area contributed by atoms with Gasteiger partial charge in [0.2, 0.25) is 5.91 Å². The van der Waals surface area contributed by atoms with Crippen LogP contribution in [0.2, 0.25) is 0 Å². The maximum atomic E-state index is 12.3. The highest BCUT2D eigenvalue weighted by molar-refractivity contribution is 5.81. The van der Waals surface area contributed by atoms with Crippen LogP contribution in [0.4, 0.5) is 0 Å². The molecule has 0 aliphatic carbocycles. The summed E-state index contributed by atoms with van der Waals surface area (Å²) in [5.41, 5.74) is 6.19. The maximum Gasteiger partial charge on any atom is 0.239 e. The minimum Gasteiger partial charge on any atom is -0.388 e. The van der Waals surface area contributed by atoms with E-state index >= 15 is 0 Å². The molecule has 5 nitrogen and oxygen atoms in total. The predicted molar refractivity (Wildman–Crippen MR) is 80.8 cm³/mol.